The molecule has 0 aliphatic carbocycles. The van der Waals surface area contributed by atoms with Gasteiger partial charge in [-0.05, 0) is 54.8 Å². The van der Waals surface area contributed by atoms with Gasteiger partial charge in [-0.3, -0.25) is 9.69 Å². The summed E-state index contributed by atoms with van der Waals surface area (Å²) in [5.74, 6) is -0.505. The lowest BCUT2D eigenvalue weighted by Crippen LogP contribution is -2.33. The molecule has 0 unspecified atom stereocenters. The van der Waals surface area contributed by atoms with Gasteiger partial charge in [-0.25, -0.2) is 13.4 Å². The van der Waals surface area contributed by atoms with E-state index in [1.807, 2.05) is 19.9 Å². The van der Waals surface area contributed by atoms with Gasteiger partial charge < -0.3 is 0 Å². The third-order valence-corrected chi connectivity index (χ3v) is 9.01. The Kier molecular flexibility index (Phi) is 8.73. The number of benzene rings is 3. The molecule has 39 heavy (non-hydrogen) atoms. The van der Waals surface area contributed by atoms with E-state index in [2.05, 4.69) is 4.98 Å². The summed E-state index contributed by atoms with van der Waals surface area (Å²) in [7, 11) is -3.73. The summed E-state index contributed by atoms with van der Waals surface area (Å²) in [5.41, 5.74) is -0.134. The molecule has 1 amide bonds. The lowest BCUT2D eigenvalue weighted by molar-refractivity contribution is -0.136. The predicted molar refractivity (Wildman–Crippen MR) is 147 cm³/mol. The second-order valence-corrected chi connectivity index (χ2v) is 11.9. The van der Waals surface area contributed by atoms with Crippen LogP contribution in [0.4, 0.5) is 18.3 Å². The van der Waals surface area contributed by atoms with Crippen LogP contribution in [0.1, 0.15) is 48.2 Å². The quantitative estimate of drug-likeness (QED) is 0.205. The van der Waals surface area contributed by atoms with Gasteiger partial charge in [0.1, 0.15) is 0 Å². The van der Waals surface area contributed by atoms with Crippen LogP contribution in [0.5, 0.6) is 0 Å². The minimum absolute atomic E-state index is 0.0711. The summed E-state index contributed by atoms with van der Waals surface area (Å²) in [5, 5.41) is 0.115. The summed E-state index contributed by atoms with van der Waals surface area (Å²) in [6, 6.07) is 18.5. The summed E-state index contributed by atoms with van der Waals surface area (Å²) < 4.78 is 68.8. The van der Waals surface area contributed by atoms with Crippen molar-refractivity contribution in [3.63, 3.8) is 0 Å². The van der Waals surface area contributed by atoms with E-state index < -0.39 is 27.7 Å². The smallest absolute Gasteiger partial charge is 0.279 e. The minimum Gasteiger partial charge on any atom is -0.279 e. The van der Waals surface area contributed by atoms with E-state index in [-0.39, 0.29) is 27.7 Å². The highest BCUT2D eigenvalue weighted by molar-refractivity contribution is 7.89. The van der Waals surface area contributed by atoms with Crippen molar-refractivity contribution in [2.24, 2.45) is 0 Å². The van der Waals surface area contributed by atoms with Gasteiger partial charge in [0.05, 0.1) is 27.2 Å². The number of carbonyl (C=O) groups excluding carboxylic acids is 1. The van der Waals surface area contributed by atoms with Gasteiger partial charge in [0.15, 0.2) is 5.13 Å². The standard InChI is InChI=1S/C28H28F3N3O3S2/c1-3-17-33(18-4-2)39(36,37)22-15-13-21(14-16-22)26(35)34(19-20-9-6-5-7-10-20)27-32-25-23(28(29,30)31)11-8-12-24(25)38-27/h5-16H,3-4,17-19H2,1-2H3. The number of aromatic nitrogens is 1. The third-order valence-electron chi connectivity index (χ3n) is 6.06. The first-order valence-electron chi connectivity index (χ1n) is 12.5. The monoisotopic (exact) mass is 575 g/mol. The highest BCUT2D eigenvalue weighted by Gasteiger charge is 2.34. The molecule has 1 heterocycles. The number of amides is 1. The SMILES string of the molecule is CCCN(CCC)S(=O)(=O)c1ccc(C(=O)N(Cc2ccccc2)c2nc3c(C(F)(F)F)cccc3s2)cc1. The molecule has 0 fully saturated rings. The Morgan fingerprint density at radius 2 is 1.54 bits per heavy atom. The van der Waals surface area contributed by atoms with Crippen molar-refractivity contribution >= 4 is 42.6 Å². The molecule has 0 aliphatic rings. The molecular formula is C28H28F3N3O3S2. The van der Waals surface area contributed by atoms with Crippen LogP contribution in [-0.2, 0) is 22.7 Å². The maximum Gasteiger partial charge on any atom is 0.418 e. The van der Waals surface area contributed by atoms with Crippen molar-refractivity contribution in [1.29, 1.82) is 0 Å². The van der Waals surface area contributed by atoms with Crippen LogP contribution in [0.2, 0.25) is 0 Å². The maximum atomic E-state index is 13.7. The number of fused-ring (bicyclic) bond motifs is 1. The first kappa shape index (κ1) is 28.7. The number of para-hydroxylation sites is 1. The van der Waals surface area contributed by atoms with Gasteiger partial charge in [0.25, 0.3) is 5.91 Å². The van der Waals surface area contributed by atoms with E-state index in [0.717, 1.165) is 23.0 Å². The second kappa shape index (κ2) is 11.8. The van der Waals surface area contributed by atoms with Gasteiger partial charge in [-0.1, -0.05) is 61.6 Å². The molecule has 3 aromatic carbocycles. The Labute approximate surface area is 229 Å². The lowest BCUT2D eigenvalue weighted by Gasteiger charge is -2.22. The predicted octanol–water partition coefficient (Wildman–Crippen LogP) is 6.97. The molecule has 0 radical (unpaired) electrons. The molecular weight excluding hydrogens is 547 g/mol. The molecule has 206 valence electrons. The molecule has 0 aliphatic heterocycles. The summed E-state index contributed by atoms with van der Waals surface area (Å²) in [6.45, 7) is 4.65. The first-order valence-corrected chi connectivity index (χ1v) is 14.7. The normalized spacial score (nSPS) is 12.3. The summed E-state index contributed by atoms with van der Waals surface area (Å²) >= 11 is 0.992. The summed E-state index contributed by atoms with van der Waals surface area (Å²) in [6.07, 6.45) is -3.26. The number of rotatable bonds is 10. The van der Waals surface area contributed by atoms with Crippen LogP contribution in [0.25, 0.3) is 10.2 Å². The first-order chi connectivity index (χ1) is 18.6. The van der Waals surface area contributed by atoms with E-state index in [0.29, 0.717) is 30.6 Å². The Bertz CT molecular complexity index is 1530. The number of anilines is 1. The average molecular weight is 576 g/mol. The van der Waals surface area contributed by atoms with Gasteiger partial charge in [-0.15, -0.1) is 0 Å². The third kappa shape index (κ3) is 6.32. The maximum absolute atomic E-state index is 13.7. The van der Waals surface area contributed by atoms with E-state index in [4.69, 9.17) is 0 Å². The van der Waals surface area contributed by atoms with Crippen LogP contribution in [-0.4, -0.2) is 36.7 Å². The lowest BCUT2D eigenvalue weighted by atomic mass is 10.1. The van der Waals surface area contributed by atoms with Gasteiger partial charge in [-0.2, -0.15) is 17.5 Å². The van der Waals surface area contributed by atoms with Crippen molar-refractivity contribution in [1.82, 2.24) is 9.29 Å². The van der Waals surface area contributed by atoms with Crippen molar-refractivity contribution in [2.45, 2.75) is 44.3 Å². The van der Waals surface area contributed by atoms with Crippen molar-refractivity contribution in [3.05, 3.63) is 89.5 Å². The van der Waals surface area contributed by atoms with E-state index >= 15 is 0 Å². The van der Waals surface area contributed by atoms with Crippen LogP contribution in [0.15, 0.2) is 77.7 Å². The van der Waals surface area contributed by atoms with Crippen molar-refractivity contribution < 1.29 is 26.4 Å². The molecule has 4 aromatic rings. The van der Waals surface area contributed by atoms with Crippen LogP contribution in [0.3, 0.4) is 0 Å². The highest BCUT2D eigenvalue weighted by Crippen LogP contribution is 2.39. The molecule has 0 saturated carbocycles. The number of hydrogen-bond acceptors (Lipinski definition) is 5. The zero-order chi connectivity index (χ0) is 28.2. The molecule has 0 bridgehead atoms. The van der Waals surface area contributed by atoms with Crippen LogP contribution >= 0.6 is 11.3 Å². The fraction of sp³-hybridized carbons (Fsp3) is 0.286. The number of sulfonamides is 1. The number of hydrogen-bond donors (Lipinski definition) is 0. The van der Waals surface area contributed by atoms with Crippen molar-refractivity contribution in [2.75, 3.05) is 18.0 Å². The average Bonchev–Trinajstić information content (AvgIpc) is 3.35. The molecule has 0 spiro atoms. The van der Waals surface area contributed by atoms with Crippen LogP contribution in [0, 0.1) is 0 Å². The Balaban J connectivity index is 1.72. The number of carbonyl (C=O) groups is 1. The number of nitrogens with zero attached hydrogens (tertiary/aromatic N) is 3. The number of thiazole rings is 1. The highest BCUT2D eigenvalue weighted by atomic mass is 32.2. The van der Waals surface area contributed by atoms with E-state index in [9.17, 15) is 26.4 Å². The Hall–Kier alpha value is -3.28. The van der Waals surface area contributed by atoms with Crippen LogP contribution < -0.4 is 4.90 Å². The zero-order valence-corrected chi connectivity index (χ0v) is 23.1. The van der Waals surface area contributed by atoms with E-state index in [1.165, 1.54) is 45.6 Å². The van der Waals surface area contributed by atoms with Gasteiger partial charge in [0, 0.05) is 18.7 Å². The van der Waals surface area contributed by atoms with E-state index in [1.54, 1.807) is 24.3 Å². The van der Waals surface area contributed by atoms with Gasteiger partial charge >= 0.3 is 6.18 Å². The van der Waals surface area contributed by atoms with Crippen molar-refractivity contribution in [3.8, 4) is 0 Å². The second-order valence-electron chi connectivity index (χ2n) is 8.95. The largest absolute Gasteiger partial charge is 0.418 e. The molecule has 4 rings (SSSR count). The number of halogens is 3. The molecule has 0 N–H and O–H groups in total. The zero-order valence-electron chi connectivity index (χ0n) is 21.5. The Morgan fingerprint density at radius 3 is 2.13 bits per heavy atom. The summed E-state index contributed by atoms with van der Waals surface area (Å²) in [4.78, 5) is 19.4. The minimum atomic E-state index is -4.59. The molecule has 0 atom stereocenters. The number of alkyl halides is 3. The molecule has 6 nitrogen and oxygen atoms in total. The van der Waals surface area contributed by atoms with Gasteiger partial charge in [0.2, 0.25) is 10.0 Å². The fourth-order valence-corrected chi connectivity index (χ4v) is 6.81. The fourth-order valence-electron chi connectivity index (χ4n) is 4.20. The Morgan fingerprint density at radius 1 is 0.897 bits per heavy atom. The molecule has 1 aromatic heterocycles. The molecule has 11 heteroatoms. The topological polar surface area (TPSA) is 70.6 Å². The molecule has 0 saturated heterocycles.